The molecule has 2 aromatic carbocycles. The van der Waals surface area contributed by atoms with Gasteiger partial charge in [0, 0.05) is 12.1 Å². The van der Waals surface area contributed by atoms with Gasteiger partial charge in [-0.1, -0.05) is 42.1 Å². The van der Waals surface area contributed by atoms with Gasteiger partial charge in [0.25, 0.3) is 0 Å². The second-order valence-electron chi connectivity index (χ2n) is 7.52. The monoisotopic (exact) mass is 468 g/mol. The Hall–Kier alpha value is -3.00. The molecule has 3 aromatic rings. The zero-order chi connectivity index (χ0) is 23.8. The third-order valence-corrected chi connectivity index (χ3v) is 6.16. The number of carbonyl (C=O) groups excluding carboxylic acids is 1. The average molecular weight is 469 g/mol. The minimum Gasteiger partial charge on any atom is -0.490 e. The summed E-state index contributed by atoms with van der Waals surface area (Å²) >= 11 is 1.39. The van der Waals surface area contributed by atoms with Crippen molar-refractivity contribution in [1.82, 2.24) is 20.1 Å². The van der Waals surface area contributed by atoms with E-state index in [0.717, 1.165) is 34.2 Å². The van der Waals surface area contributed by atoms with Crippen molar-refractivity contribution in [2.45, 2.75) is 52.4 Å². The van der Waals surface area contributed by atoms with E-state index in [1.165, 1.54) is 11.8 Å². The molecule has 33 heavy (non-hydrogen) atoms. The number of amides is 1. The summed E-state index contributed by atoms with van der Waals surface area (Å²) in [5, 5.41) is 12.5. The Morgan fingerprint density at radius 1 is 1.06 bits per heavy atom. The van der Waals surface area contributed by atoms with E-state index in [1.54, 1.807) is 0 Å². The molecule has 1 atom stereocenters. The predicted molar refractivity (Wildman–Crippen MR) is 132 cm³/mol. The zero-order valence-electron chi connectivity index (χ0n) is 19.9. The number of aromatic nitrogens is 3. The van der Waals surface area contributed by atoms with E-state index in [2.05, 4.69) is 35.4 Å². The lowest BCUT2D eigenvalue weighted by atomic mass is 10.1. The summed E-state index contributed by atoms with van der Waals surface area (Å²) in [5.74, 6) is 2.41. The van der Waals surface area contributed by atoms with Gasteiger partial charge in [-0.05, 0) is 57.9 Å². The SMILES string of the molecule is CCOc1ccc(C(C)NC(=O)CSc2nnc(-c3ccccc3C)n2CC)cc1OCC. The van der Waals surface area contributed by atoms with Crippen LogP contribution in [0.1, 0.15) is 44.9 Å². The number of aryl methyl sites for hydroxylation is 1. The van der Waals surface area contributed by atoms with Gasteiger partial charge in [-0.15, -0.1) is 10.2 Å². The Bertz CT molecular complexity index is 1080. The Morgan fingerprint density at radius 3 is 2.48 bits per heavy atom. The number of nitrogens with zero attached hydrogens (tertiary/aromatic N) is 3. The molecule has 0 fully saturated rings. The highest BCUT2D eigenvalue weighted by molar-refractivity contribution is 7.99. The Balaban J connectivity index is 1.65. The number of ether oxygens (including phenoxy) is 2. The van der Waals surface area contributed by atoms with Gasteiger partial charge in [0.05, 0.1) is 25.0 Å². The third kappa shape index (κ3) is 6.07. The molecule has 0 saturated carbocycles. The van der Waals surface area contributed by atoms with E-state index in [4.69, 9.17) is 9.47 Å². The summed E-state index contributed by atoms with van der Waals surface area (Å²) in [5.41, 5.74) is 3.15. The van der Waals surface area contributed by atoms with Crippen molar-refractivity contribution in [3.8, 4) is 22.9 Å². The summed E-state index contributed by atoms with van der Waals surface area (Å²) in [4.78, 5) is 12.7. The van der Waals surface area contributed by atoms with E-state index in [0.29, 0.717) is 24.7 Å². The smallest absolute Gasteiger partial charge is 0.230 e. The molecule has 8 heteroatoms. The van der Waals surface area contributed by atoms with Crippen LogP contribution in [0.4, 0.5) is 0 Å². The highest BCUT2D eigenvalue weighted by atomic mass is 32.2. The topological polar surface area (TPSA) is 78.3 Å². The molecule has 1 unspecified atom stereocenters. The molecule has 1 N–H and O–H groups in total. The molecule has 1 amide bonds. The van der Waals surface area contributed by atoms with Crippen molar-refractivity contribution in [3.63, 3.8) is 0 Å². The van der Waals surface area contributed by atoms with E-state index >= 15 is 0 Å². The Kier molecular flexibility index (Phi) is 8.77. The molecule has 0 aliphatic carbocycles. The van der Waals surface area contributed by atoms with Crippen LogP contribution < -0.4 is 14.8 Å². The first-order valence-electron chi connectivity index (χ1n) is 11.3. The second kappa shape index (κ2) is 11.7. The van der Waals surface area contributed by atoms with Gasteiger partial charge in [0.1, 0.15) is 0 Å². The van der Waals surface area contributed by atoms with Crippen LogP contribution in [0.5, 0.6) is 11.5 Å². The molecule has 0 spiro atoms. The maximum Gasteiger partial charge on any atom is 0.230 e. The number of thioether (sulfide) groups is 1. The quantitative estimate of drug-likeness (QED) is 0.397. The van der Waals surface area contributed by atoms with Gasteiger partial charge in [-0.25, -0.2) is 0 Å². The number of nitrogens with one attached hydrogen (secondary N) is 1. The first-order chi connectivity index (χ1) is 16.0. The van der Waals surface area contributed by atoms with E-state index in [-0.39, 0.29) is 17.7 Å². The van der Waals surface area contributed by atoms with Crippen molar-refractivity contribution in [2.75, 3.05) is 19.0 Å². The summed E-state index contributed by atoms with van der Waals surface area (Å²) in [7, 11) is 0. The van der Waals surface area contributed by atoms with Gasteiger partial charge in [-0.3, -0.25) is 4.79 Å². The van der Waals surface area contributed by atoms with Crippen LogP contribution in [0, 0.1) is 6.92 Å². The van der Waals surface area contributed by atoms with Crippen LogP contribution in [0.3, 0.4) is 0 Å². The lowest BCUT2D eigenvalue weighted by Gasteiger charge is -2.17. The first kappa shape index (κ1) is 24.6. The highest BCUT2D eigenvalue weighted by Gasteiger charge is 2.17. The fourth-order valence-corrected chi connectivity index (χ4v) is 4.35. The Labute approximate surface area is 199 Å². The zero-order valence-corrected chi connectivity index (χ0v) is 20.7. The summed E-state index contributed by atoms with van der Waals surface area (Å²) in [6.07, 6.45) is 0. The molecular formula is C25H32N4O3S. The van der Waals surface area contributed by atoms with Gasteiger partial charge in [0.2, 0.25) is 5.91 Å². The van der Waals surface area contributed by atoms with Crippen molar-refractivity contribution < 1.29 is 14.3 Å². The average Bonchev–Trinajstić information content (AvgIpc) is 3.22. The normalized spacial score (nSPS) is 11.8. The number of hydrogen-bond donors (Lipinski definition) is 1. The van der Waals surface area contributed by atoms with Gasteiger partial charge in [-0.2, -0.15) is 0 Å². The molecule has 0 radical (unpaired) electrons. The molecule has 1 aromatic heterocycles. The van der Waals surface area contributed by atoms with Crippen molar-refractivity contribution >= 4 is 17.7 Å². The fraction of sp³-hybridized carbons (Fsp3) is 0.400. The third-order valence-electron chi connectivity index (χ3n) is 5.20. The summed E-state index contributed by atoms with van der Waals surface area (Å²) in [6, 6.07) is 13.7. The predicted octanol–water partition coefficient (Wildman–Crippen LogP) is 5.04. The summed E-state index contributed by atoms with van der Waals surface area (Å²) < 4.78 is 13.4. The van der Waals surface area contributed by atoms with Crippen LogP contribution >= 0.6 is 11.8 Å². The molecule has 1 heterocycles. The fourth-order valence-electron chi connectivity index (χ4n) is 3.54. The van der Waals surface area contributed by atoms with Crippen LogP contribution in [-0.4, -0.2) is 39.6 Å². The van der Waals surface area contributed by atoms with Crippen LogP contribution in [-0.2, 0) is 11.3 Å². The molecule has 0 saturated heterocycles. The maximum absolute atomic E-state index is 12.7. The minimum absolute atomic E-state index is 0.0672. The number of rotatable bonds is 11. The Morgan fingerprint density at radius 2 is 1.79 bits per heavy atom. The van der Waals surface area contributed by atoms with Crippen molar-refractivity contribution in [1.29, 1.82) is 0 Å². The number of hydrogen-bond acceptors (Lipinski definition) is 6. The van der Waals surface area contributed by atoms with E-state index < -0.39 is 0 Å². The van der Waals surface area contributed by atoms with Crippen LogP contribution in [0.2, 0.25) is 0 Å². The van der Waals surface area contributed by atoms with Crippen LogP contribution in [0.25, 0.3) is 11.4 Å². The molecule has 0 aliphatic heterocycles. The summed E-state index contributed by atoms with van der Waals surface area (Å²) in [6.45, 7) is 11.8. The molecule has 0 aliphatic rings. The first-order valence-corrected chi connectivity index (χ1v) is 12.3. The van der Waals surface area contributed by atoms with Crippen molar-refractivity contribution in [2.24, 2.45) is 0 Å². The molecular weight excluding hydrogens is 436 g/mol. The van der Waals surface area contributed by atoms with Gasteiger partial charge in [0.15, 0.2) is 22.5 Å². The van der Waals surface area contributed by atoms with Gasteiger partial charge < -0.3 is 19.4 Å². The van der Waals surface area contributed by atoms with E-state index in [1.807, 2.05) is 61.7 Å². The number of carbonyl (C=O) groups is 1. The lowest BCUT2D eigenvalue weighted by Crippen LogP contribution is -2.28. The molecule has 0 bridgehead atoms. The lowest BCUT2D eigenvalue weighted by molar-refractivity contribution is -0.119. The molecule has 3 rings (SSSR count). The minimum atomic E-state index is -0.167. The largest absolute Gasteiger partial charge is 0.490 e. The number of benzene rings is 2. The molecule has 7 nitrogen and oxygen atoms in total. The van der Waals surface area contributed by atoms with Gasteiger partial charge >= 0.3 is 0 Å². The van der Waals surface area contributed by atoms with Crippen LogP contribution in [0.15, 0.2) is 47.6 Å². The second-order valence-corrected chi connectivity index (χ2v) is 8.46. The highest BCUT2D eigenvalue weighted by Crippen LogP contribution is 2.31. The standard InChI is InChI=1S/C25H32N4O3S/c1-6-29-24(20-12-10-9-11-17(20)4)27-28-25(29)33-16-23(30)26-18(5)19-13-14-21(31-7-2)22(15-19)32-8-3/h9-15,18H,6-8,16H2,1-5H3,(H,26,30). The van der Waals surface area contributed by atoms with E-state index in [9.17, 15) is 4.79 Å². The maximum atomic E-state index is 12.7. The molecule has 176 valence electrons. The van der Waals surface area contributed by atoms with Crippen molar-refractivity contribution in [3.05, 3.63) is 53.6 Å².